The summed E-state index contributed by atoms with van der Waals surface area (Å²) in [5.41, 5.74) is -1.24. The molecule has 5 nitrogen and oxygen atoms in total. The van der Waals surface area contributed by atoms with E-state index in [-0.39, 0.29) is 18.0 Å². The Bertz CT molecular complexity index is 483. The molecule has 1 atom stereocenters. The largest absolute Gasteiger partial charge is 0.480 e. The van der Waals surface area contributed by atoms with Gasteiger partial charge in [-0.2, -0.15) is 0 Å². The molecule has 1 unspecified atom stereocenters. The molecule has 0 aromatic carbocycles. The van der Waals surface area contributed by atoms with Crippen molar-refractivity contribution < 1.29 is 14.7 Å². The van der Waals surface area contributed by atoms with Crippen LogP contribution < -0.4 is 5.32 Å². The summed E-state index contributed by atoms with van der Waals surface area (Å²) in [6, 6.07) is 3.46. The van der Waals surface area contributed by atoms with Gasteiger partial charge in [-0.05, 0) is 38.1 Å². The Hall–Kier alpha value is -1.56. The van der Waals surface area contributed by atoms with Crippen molar-refractivity contribution in [1.29, 1.82) is 0 Å². The summed E-state index contributed by atoms with van der Waals surface area (Å²) in [6.45, 7) is 9.24. The van der Waals surface area contributed by atoms with Gasteiger partial charge in [0.25, 0.3) is 0 Å². The van der Waals surface area contributed by atoms with Gasteiger partial charge in [-0.3, -0.25) is 0 Å². The minimum absolute atomic E-state index is 0.115. The van der Waals surface area contributed by atoms with Gasteiger partial charge >= 0.3 is 12.0 Å². The first kappa shape index (κ1) is 17.5. The fourth-order valence-corrected chi connectivity index (χ4v) is 3.10. The summed E-state index contributed by atoms with van der Waals surface area (Å²) in [7, 11) is 0. The van der Waals surface area contributed by atoms with Crippen molar-refractivity contribution in [3.8, 4) is 0 Å². The molecule has 0 aliphatic carbocycles. The molecule has 1 aromatic heterocycles. The lowest BCUT2D eigenvalue weighted by atomic mass is 10.0. The molecule has 6 heteroatoms. The van der Waals surface area contributed by atoms with Crippen LogP contribution in [0.4, 0.5) is 4.79 Å². The van der Waals surface area contributed by atoms with Crippen LogP contribution in [0.15, 0.2) is 17.5 Å². The number of likely N-dealkylation sites (N-methyl/N-ethyl adjacent to an activating group) is 1. The van der Waals surface area contributed by atoms with E-state index in [1.807, 2.05) is 31.4 Å². The zero-order valence-corrected chi connectivity index (χ0v) is 14.0. The molecule has 0 radical (unpaired) electrons. The molecule has 0 aliphatic rings. The summed E-state index contributed by atoms with van der Waals surface area (Å²) >= 11 is 1.58. The van der Waals surface area contributed by atoms with E-state index in [9.17, 15) is 14.7 Å². The van der Waals surface area contributed by atoms with E-state index < -0.39 is 11.5 Å². The summed E-state index contributed by atoms with van der Waals surface area (Å²) in [5.74, 6) is -0.795. The summed E-state index contributed by atoms with van der Waals surface area (Å²) in [6.07, 6.45) is 0. The number of nitrogens with one attached hydrogen (secondary N) is 1. The highest BCUT2D eigenvalue weighted by molar-refractivity contribution is 7.10. The molecule has 0 saturated carbocycles. The van der Waals surface area contributed by atoms with E-state index in [0.29, 0.717) is 6.54 Å². The second-order valence-electron chi connectivity index (χ2n) is 5.80. The van der Waals surface area contributed by atoms with Crippen LogP contribution in [0.5, 0.6) is 0 Å². The molecule has 1 rings (SSSR count). The van der Waals surface area contributed by atoms with Crippen LogP contribution >= 0.6 is 11.3 Å². The summed E-state index contributed by atoms with van der Waals surface area (Å²) < 4.78 is 0. The van der Waals surface area contributed by atoms with Crippen molar-refractivity contribution in [2.75, 3.05) is 6.54 Å². The third kappa shape index (κ3) is 3.97. The number of amides is 2. The van der Waals surface area contributed by atoms with E-state index in [0.717, 1.165) is 4.88 Å². The number of carbonyl (C=O) groups excluding carboxylic acids is 1. The molecule has 0 aliphatic heterocycles. The smallest absolute Gasteiger partial charge is 0.329 e. The predicted octanol–water partition coefficient (Wildman–Crippen LogP) is 3.34. The van der Waals surface area contributed by atoms with Crippen LogP contribution in [-0.2, 0) is 4.79 Å². The zero-order valence-electron chi connectivity index (χ0n) is 13.2. The van der Waals surface area contributed by atoms with Gasteiger partial charge in [-0.1, -0.05) is 19.9 Å². The number of urea groups is 1. The highest BCUT2D eigenvalue weighted by atomic mass is 32.1. The molecular formula is C15H24N2O3S. The molecule has 21 heavy (non-hydrogen) atoms. The second-order valence-corrected chi connectivity index (χ2v) is 6.77. The Morgan fingerprint density at radius 3 is 2.43 bits per heavy atom. The average molecular weight is 312 g/mol. The number of hydrogen-bond acceptors (Lipinski definition) is 3. The maximum atomic E-state index is 12.5. The monoisotopic (exact) mass is 312 g/mol. The number of carboxylic acids is 1. The predicted molar refractivity (Wildman–Crippen MR) is 84.5 cm³/mol. The lowest BCUT2D eigenvalue weighted by Gasteiger charge is -2.36. The van der Waals surface area contributed by atoms with Crippen LogP contribution in [0.25, 0.3) is 0 Å². The molecule has 0 spiro atoms. The Morgan fingerprint density at radius 2 is 2.05 bits per heavy atom. The molecule has 0 bridgehead atoms. The number of rotatable bonds is 6. The lowest BCUT2D eigenvalue weighted by Crippen LogP contribution is -2.56. The minimum Gasteiger partial charge on any atom is -0.480 e. The number of aliphatic carboxylic acids is 1. The molecule has 0 fully saturated rings. The highest BCUT2D eigenvalue weighted by Gasteiger charge is 2.37. The van der Waals surface area contributed by atoms with E-state index in [1.54, 1.807) is 18.3 Å². The normalized spacial score (nSPS) is 13.0. The van der Waals surface area contributed by atoms with Gasteiger partial charge in [-0.15, -0.1) is 11.3 Å². The van der Waals surface area contributed by atoms with Crippen molar-refractivity contribution in [3.05, 3.63) is 22.4 Å². The Morgan fingerprint density at radius 1 is 1.43 bits per heavy atom. The van der Waals surface area contributed by atoms with Gasteiger partial charge in [0, 0.05) is 11.4 Å². The Balaban J connectivity index is 2.93. The maximum absolute atomic E-state index is 12.5. The first-order valence-corrected chi connectivity index (χ1v) is 7.94. The fraction of sp³-hybridized carbons (Fsp3) is 0.600. The number of nitrogens with zero attached hydrogens (tertiary/aromatic N) is 1. The SMILES string of the molecule is CCN(C(=O)NC(c1cccs1)C(C)C)C(C)(C)C(=O)O. The van der Waals surface area contributed by atoms with Gasteiger partial charge in [0.2, 0.25) is 0 Å². The number of carboxylic acid groups (broad SMARTS) is 1. The van der Waals surface area contributed by atoms with Gasteiger partial charge in [0.15, 0.2) is 0 Å². The van der Waals surface area contributed by atoms with Crippen LogP contribution in [-0.4, -0.2) is 34.1 Å². The van der Waals surface area contributed by atoms with Crippen molar-refractivity contribution in [3.63, 3.8) is 0 Å². The van der Waals surface area contributed by atoms with E-state index in [1.165, 1.54) is 18.7 Å². The quantitative estimate of drug-likeness (QED) is 0.846. The Labute approximate surface area is 130 Å². The molecular weight excluding hydrogens is 288 g/mol. The first-order valence-electron chi connectivity index (χ1n) is 7.06. The van der Waals surface area contributed by atoms with Gasteiger partial charge in [0.05, 0.1) is 6.04 Å². The molecule has 0 saturated heterocycles. The standard InChI is InChI=1S/C15H24N2O3S/c1-6-17(15(4,5)13(18)19)14(20)16-12(10(2)3)11-8-7-9-21-11/h7-10,12H,6H2,1-5H3,(H,16,20)(H,18,19). The van der Waals surface area contributed by atoms with Crippen LogP contribution in [0.2, 0.25) is 0 Å². The third-order valence-corrected chi connectivity index (χ3v) is 4.51. The summed E-state index contributed by atoms with van der Waals surface area (Å²) in [4.78, 5) is 26.3. The van der Waals surface area contributed by atoms with Gasteiger partial charge < -0.3 is 15.3 Å². The first-order chi connectivity index (χ1) is 9.71. The molecule has 2 amide bonds. The second kappa shape index (κ2) is 6.93. The van der Waals surface area contributed by atoms with Crippen LogP contribution in [0.1, 0.15) is 45.5 Å². The number of carbonyl (C=O) groups is 2. The molecule has 118 valence electrons. The van der Waals surface area contributed by atoms with Crippen molar-refractivity contribution in [2.24, 2.45) is 5.92 Å². The Kier molecular flexibility index (Phi) is 5.78. The molecule has 1 aromatic rings. The van der Waals surface area contributed by atoms with Crippen molar-refractivity contribution in [2.45, 2.75) is 46.2 Å². The average Bonchev–Trinajstić information content (AvgIpc) is 2.89. The fourth-order valence-electron chi connectivity index (χ4n) is 2.15. The van der Waals surface area contributed by atoms with Crippen molar-refractivity contribution in [1.82, 2.24) is 10.2 Å². The van der Waals surface area contributed by atoms with E-state index in [4.69, 9.17) is 0 Å². The highest BCUT2D eigenvalue weighted by Crippen LogP contribution is 2.26. The number of hydrogen-bond donors (Lipinski definition) is 2. The van der Waals surface area contributed by atoms with E-state index in [2.05, 4.69) is 5.32 Å². The summed E-state index contributed by atoms with van der Waals surface area (Å²) in [5, 5.41) is 14.2. The maximum Gasteiger partial charge on any atom is 0.329 e. The minimum atomic E-state index is -1.24. The zero-order chi connectivity index (χ0) is 16.2. The number of thiophene rings is 1. The lowest BCUT2D eigenvalue weighted by molar-refractivity contribution is -0.147. The molecule has 2 N–H and O–H groups in total. The van der Waals surface area contributed by atoms with Gasteiger partial charge in [-0.25, -0.2) is 9.59 Å². The topological polar surface area (TPSA) is 69.6 Å². The van der Waals surface area contributed by atoms with E-state index >= 15 is 0 Å². The van der Waals surface area contributed by atoms with Crippen LogP contribution in [0.3, 0.4) is 0 Å². The van der Waals surface area contributed by atoms with Crippen LogP contribution in [0, 0.1) is 5.92 Å². The van der Waals surface area contributed by atoms with Crippen molar-refractivity contribution >= 4 is 23.3 Å². The van der Waals surface area contributed by atoms with Gasteiger partial charge in [0.1, 0.15) is 5.54 Å². The molecule has 1 heterocycles. The third-order valence-electron chi connectivity index (χ3n) is 3.55.